The second-order valence-electron chi connectivity index (χ2n) is 7.52. The maximum atomic E-state index is 13.9. The minimum Gasteiger partial charge on any atom is -0.454 e. The molecule has 0 aliphatic carbocycles. The predicted molar refractivity (Wildman–Crippen MR) is 115 cm³/mol. The average molecular weight is 480 g/mol. The van der Waals surface area contributed by atoms with Gasteiger partial charge in [0, 0.05) is 19.6 Å². The Balaban J connectivity index is 1.63. The molecule has 0 amide bonds. The Hall–Kier alpha value is -2.89. The van der Waals surface area contributed by atoms with Gasteiger partial charge in [0.05, 0.1) is 29.1 Å². The molecule has 0 radical (unpaired) electrons. The van der Waals surface area contributed by atoms with Crippen LogP contribution in [-0.4, -0.2) is 54.5 Å². The van der Waals surface area contributed by atoms with E-state index in [0.29, 0.717) is 36.6 Å². The lowest BCUT2D eigenvalue weighted by molar-refractivity contribution is 0.0447. The molecule has 176 valence electrons. The van der Waals surface area contributed by atoms with Gasteiger partial charge in [-0.3, -0.25) is 0 Å². The highest BCUT2D eigenvalue weighted by atomic mass is 32.2. The number of morpholine rings is 1. The molecule has 0 N–H and O–H groups in total. The van der Waals surface area contributed by atoms with E-state index in [1.807, 2.05) is 6.92 Å². The van der Waals surface area contributed by atoms with Gasteiger partial charge in [0.15, 0.2) is 0 Å². The number of hydrogen-bond acceptors (Lipinski definition) is 6. The fourth-order valence-electron chi connectivity index (χ4n) is 3.73. The Morgan fingerprint density at radius 1 is 1.15 bits per heavy atom. The molecule has 4 rings (SSSR count). The van der Waals surface area contributed by atoms with E-state index in [1.165, 1.54) is 16.4 Å². The van der Waals surface area contributed by atoms with Crippen LogP contribution in [0.25, 0.3) is 11.0 Å². The molecule has 8 nitrogen and oxygen atoms in total. The predicted octanol–water partition coefficient (Wildman–Crippen LogP) is 3.10. The fourth-order valence-corrected chi connectivity index (χ4v) is 5.16. The number of esters is 1. The zero-order chi connectivity index (χ0) is 23.6. The van der Waals surface area contributed by atoms with Gasteiger partial charge in [0.2, 0.25) is 10.0 Å². The summed E-state index contributed by atoms with van der Waals surface area (Å²) in [5.74, 6) is -2.82. The zero-order valence-corrected chi connectivity index (χ0v) is 18.8. The van der Waals surface area contributed by atoms with Crippen LogP contribution in [0.5, 0.6) is 0 Å². The number of rotatable bonds is 7. The third-order valence-corrected chi connectivity index (χ3v) is 7.25. The maximum absolute atomic E-state index is 13.9. The lowest BCUT2D eigenvalue weighted by Gasteiger charge is -2.26. The number of aryl methyl sites for hydroxylation is 1. The summed E-state index contributed by atoms with van der Waals surface area (Å²) in [5, 5.41) is 0. The van der Waals surface area contributed by atoms with Crippen molar-refractivity contribution in [3.8, 4) is 0 Å². The summed E-state index contributed by atoms with van der Waals surface area (Å²) < 4.78 is 67.2. The molecule has 1 aliphatic rings. The van der Waals surface area contributed by atoms with E-state index in [2.05, 4.69) is 4.98 Å². The number of halogens is 2. The highest BCUT2D eigenvalue weighted by molar-refractivity contribution is 7.89. The van der Waals surface area contributed by atoms with Gasteiger partial charge in [-0.1, -0.05) is 13.0 Å². The fraction of sp³-hybridized carbons (Fsp3) is 0.364. The largest absolute Gasteiger partial charge is 0.454 e. The lowest BCUT2D eigenvalue weighted by atomic mass is 10.2. The number of sulfonamides is 1. The van der Waals surface area contributed by atoms with Gasteiger partial charge >= 0.3 is 5.97 Å². The minimum atomic E-state index is -3.71. The highest BCUT2D eigenvalue weighted by Crippen LogP contribution is 2.24. The average Bonchev–Trinajstić information content (AvgIpc) is 3.15. The van der Waals surface area contributed by atoms with Crippen molar-refractivity contribution < 1.29 is 31.5 Å². The van der Waals surface area contributed by atoms with Crippen molar-refractivity contribution >= 4 is 27.0 Å². The highest BCUT2D eigenvalue weighted by Gasteiger charge is 2.27. The van der Waals surface area contributed by atoms with Gasteiger partial charge in [-0.25, -0.2) is 27.0 Å². The van der Waals surface area contributed by atoms with Crippen molar-refractivity contribution in [3.05, 3.63) is 59.4 Å². The van der Waals surface area contributed by atoms with Crippen LogP contribution in [0.3, 0.4) is 0 Å². The normalized spacial score (nSPS) is 15.1. The third-order valence-electron chi connectivity index (χ3n) is 5.35. The van der Waals surface area contributed by atoms with Crippen LogP contribution in [0, 0.1) is 11.6 Å². The van der Waals surface area contributed by atoms with E-state index in [1.54, 1.807) is 10.6 Å². The Bertz CT molecular complexity index is 1270. The molecule has 2 heterocycles. The Kier molecular flexibility index (Phi) is 6.73. The number of benzene rings is 2. The summed E-state index contributed by atoms with van der Waals surface area (Å²) in [6, 6.07) is 7.77. The number of nitrogens with zero attached hydrogens (tertiary/aromatic N) is 3. The molecule has 2 aromatic carbocycles. The van der Waals surface area contributed by atoms with E-state index in [-0.39, 0.29) is 24.6 Å². The molecule has 1 saturated heterocycles. The first-order valence-electron chi connectivity index (χ1n) is 10.5. The van der Waals surface area contributed by atoms with E-state index in [4.69, 9.17) is 9.47 Å². The summed E-state index contributed by atoms with van der Waals surface area (Å²) in [6.07, 6.45) is 0.738. The van der Waals surface area contributed by atoms with Crippen molar-refractivity contribution in [2.75, 3.05) is 26.3 Å². The molecule has 0 saturated carbocycles. The molecule has 0 unspecified atom stereocenters. The topological polar surface area (TPSA) is 90.7 Å². The maximum Gasteiger partial charge on any atom is 0.344 e. The number of carbonyl (C=O) groups is 1. The number of fused-ring (bicyclic) bond motifs is 1. The smallest absolute Gasteiger partial charge is 0.344 e. The monoisotopic (exact) mass is 479 g/mol. The summed E-state index contributed by atoms with van der Waals surface area (Å²) in [5.41, 5.74) is 0.316. The van der Waals surface area contributed by atoms with Gasteiger partial charge in [-0.2, -0.15) is 4.31 Å². The molecule has 1 aromatic heterocycles. The molecule has 3 aromatic rings. The summed E-state index contributed by atoms with van der Waals surface area (Å²) in [6.45, 7) is 3.39. The van der Waals surface area contributed by atoms with Crippen LogP contribution >= 0.6 is 0 Å². The molecular weight excluding hydrogens is 456 g/mol. The van der Waals surface area contributed by atoms with E-state index in [0.717, 1.165) is 24.6 Å². The Labute approximate surface area is 189 Å². The molecule has 0 bridgehead atoms. The first kappa shape index (κ1) is 23.3. The number of aromatic nitrogens is 2. The Morgan fingerprint density at radius 3 is 2.52 bits per heavy atom. The van der Waals surface area contributed by atoms with Crippen LogP contribution in [-0.2, 0) is 32.6 Å². The van der Waals surface area contributed by atoms with Gasteiger partial charge in [-0.15, -0.1) is 0 Å². The molecule has 1 aliphatic heterocycles. The number of hydrogen-bond donors (Lipinski definition) is 0. The minimum absolute atomic E-state index is 0.107. The second-order valence-corrected chi connectivity index (χ2v) is 9.46. The molecule has 0 spiro atoms. The van der Waals surface area contributed by atoms with Gasteiger partial charge in [-0.05, 0) is 36.8 Å². The molecule has 0 atom stereocenters. The lowest BCUT2D eigenvalue weighted by Crippen LogP contribution is -2.40. The molecule has 11 heteroatoms. The van der Waals surface area contributed by atoms with Crippen LogP contribution in [0.15, 0.2) is 41.3 Å². The first-order valence-corrected chi connectivity index (χ1v) is 11.9. The van der Waals surface area contributed by atoms with Crippen molar-refractivity contribution in [2.24, 2.45) is 0 Å². The number of imidazole rings is 1. The number of carbonyl (C=O) groups excluding carboxylic acids is 1. The second kappa shape index (κ2) is 9.54. The Morgan fingerprint density at radius 2 is 1.85 bits per heavy atom. The van der Waals surface area contributed by atoms with Gasteiger partial charge < -0.3 is 14.0 Å². The van der Waals surface area contributed by atoms with Gasteiger partial charge in [0.25, 0.3) is 0 Å². The van der Waals surface area contributed by atoms with Crippen LogP contribution in [0.1, 0.15) is 29.5 Å². The summed E-state index contributed by atoms with van der Waals surface area (Å²) in [7, 11) is -3.71. The standard InChI is InChI=1S/C22H23F2N3O5S/c1-2-8-27-19-7-6-15(33(29,30)26-9-11-31-12-10-26)13-18(19)25-20(27)14-32-22(28)21-16(23)4-3-5-17(21)24/h3-7,13H,2,8-12,14H2,1H3. The van der Waals surface area contributed by atoms with Crippen LogP contribution in [0.4, 0.5) is 8.78 Å². The van der Waals surface area contributed by atoms with Crippen molar-refractivity contribution in [1.82, 2.24) is 13.9 Å². The summed E-state index contributed by atoms with van der Waals surface area (Å²) in [4.78, 5) is 16.8. The van der Waals surface area contributed by atoms with Crippen LogP contribution < -0.4 is 0 Å². The van der Waals surface area contributed by atoms with E-state index < -0.39 is 33.2 Å². The van der Waals surface area contributed by atoms with E-state index >= 15 is 0 Å². The number of ether oxygens (including phenoxy) is 2. The van der Waals surface area contributed by atoms with Crippen molar-refractivity contribution in [1.29, 1.82) is 0 Å². The zero-order valence-electron chi connectivity index (χ0n) is 18.0. The first-order chi connectivity index (χ1) is 15.8. The van der Waals surface area contributed by atoms with E-state index in [9.17, 15) is 22.0 Å². The molecule has 33 heavy (non-hydrogen) atoms. The van der Waals surface area contributed by atoms with Gasteiger partial charge in [0.1, 0.15) is 29.6 Å². The molecule has 1 fully saturated rings. The van der Waals surface area contributed by atoms with Crippen LogP contribution in [0.2, 0.25) is 0 Å². The quantitative estimate of drug-likeness (QED) is 0.484. The SMILES string of the molecule is CCCn1c(COC(=O)c2c(F)cccc2F)nc2cc(S(=O)(=O)N3CCOCC3)ccc21. The molecular formula is C22H23F2N3O5S. The summed E-state index contributed by atoms with van der Waals surface area (Å²) >= 11 is 0. The third kappa shape index (κ3) is 4.61. The van der Waals surface area contributed by atoms with Crippen molar-refractivity contribution in [2.45, 2.75) is 31.4 Å². The van der Waals surface area contributed by atoms with Crippen molar-refractivity contribution in [3.63, 3.8) is 0 Å².